The molecule has 0 bridgehead atoms. The Morgan fingerprint density at radius 1 is 0.952 bits per heavy atom. The highest BCUT2D eigenvalue weighted by Crippen LogP contribution is 2.35. The Kier molecular flexibility index (Phi) is 7.69. The molecule has 0 spiro atoms. The zero-order valence-corrected chi connectivity index (χ0v) is 24.2. The molecule has 42 heavy (non-hydrogen) atoms. The molecule has 1 aliphatic heterocycles. The Labute approximate surface area is 250 Å². The van der Waals surface area contributed by atoms with Crippen molar-refractivity contribution in [2.24, 2.45) is 0 Å². The van der Waals surface area contributed by atoms with Crippen molar-refractivity contribution in [1.29, 1.82) is 0 Å². The summed E-state index contributed by atoms with van der Waals surface area (Å²) in [5.74, 6) is -2.14. The van der Waals surface area contributed by atoms with Crippen molar-refractivity contribution in [3.63, 3.8) is 0 Å². The molecular weight excluding hydrogens is 607 g/mol. The van der Waals surface area contributed by atoms with Crippen LogP contribution in [0.1, 0.15) is 31.4 Å². The molecule has 0 saturated carbocycles. The molecule has 9 nitrogen and oxygen atoms in total. The first-order valence-electron chi connectivity index (χ1n) is 13.1. The highest BCUT2D eigenvalue weighted by atomic mass is 35.5. The number of fused-ring (bicyclic) bond motifs is 2. The number of nitrogens with one attached hydrogen (secondary N) is 2. The van der Waals surface area contributed by atoms with Gasteiger partial charge in [0, 0.05) is 17.8 Å². The van der Waals surface area contributed by atoms with Gasteiger partial charge < -0.3 is 5.32 Å². The number of rotatable bonds is 6. The topological polar surface area (TPSA) is 115 Å². The van der Waals surface area contributed by atoms with E-state index in [4.69, 9.17) is 28.2 Å². The van der Waals surface area contributed by atoms with Gasteiger partial charge in [-0.25, -0.2) is 32.2 Å². The Hall–Kier alpha value is -3.87. The van der Waals surface area contributed by atoms with E-state index in [0.717, 1.165) is 55.6 Å². The molecule has 0 fully saturated rings. The molecule has 14 heteroatoms. The number of sulfonamides is 1. The number of aromatic nitrogens is 5. The van der Waals surface area contributed by atoms with E-state index in [1.54, 1.807) is 12.3 Å². The molecule has 0 atom stereocenters. The van der Waals surface area contributed by atoms with Gasteiger partial charge in [0.2, 0.25) is 0 Å². The van der Waals surface area contributed by atoms with Crippen molar-refractivity contribution in [1.82, 2.24) is 24.7 Å². The summed E-state index contributed by atoms with van der Waals surface area (Å²) in [5.41, 5.74) is 2.17. The van der Waals surface area contributed by atoms with E-state index in [2.05, 4.69) is 25.1 Å². The molecule has 2 aromatic carbocycles. The van der Waals surface area contributed by atoms with Crippen LogP contribution in [0.3, 0.4) is 0 Å². The highest BCUT2D eigenvalue weighted by molar-refractivity contribution is 7.92. The van der Waals surface area contributed by atoms with Gasteiger partial charge in [-0.2, -0.15) is 5.10 Å². The van der Waals surface area contributed by atoms with Crippen LogP contribution in [0.25, 0.3) is 22.3 Å². The molecular formula is C28H23Cl2F2N7O2S. The molecule has 3 aromatic heterocycles. The normalized spacial score (nSPS) is 13.8. The number of benzene rings is 2. The highest BCUT2D eigenvalue weighted by Gasteiger charge is 2.24. The van der Waals surface area contributed by atoms with E-state index in [1.165, 1.54) is 30.9 Å². The molecule has 0 unspecified atom stereocenters. The second kappa shape index (κ2) is 11.4. The third-order valence-corrected chi connectivity index (χ3v) is 9.36. The van der Waals surface area contributed by atoms with Crippen LogP contribution >= 0.6 is 23.2 Å². The number of hydrogen-bond donors (Lipinski definition) is 2. The Morgan fingerprint density at radius 3 is 2.64 bits per heavy atom. The first kappa shape index (κ1) is 28.3. The van der Waals surface area contributed by atoms with Crippen LogP contribution in [0.15, 0.2) is 59.9 Å². The van der Waals surface area contributed by atoms with Crippen molar-refractivity contribution >= 4 is 61.5 Å². The SMILES string of the molecule is O=S(=O)(Nc1ccc(F)c(Nc2ncnc3ccc(-c4cnn5c4CCCCCC5)nc23)c1F)c1cccc(Cl)c1Cl. The summed E-state index contributed by atoms with van der Waals surface area (Å²) < 4.78 is 60.7. The number of aryl methyl sites for hydroxylation is 1. The molecule has 0 amide bonds. The lowest BCUT2D eigenvalue weighted by Gasteiger charge is -2.15. The largest absolute Gasteiger partial charge is 0.333 e. The van der Waals surface area contributed by atoms with Gasteiger partial charge in [-0.3, -0.25) is 9.40 Å². The predicted octanol–water partition coefficient (Wildman–Crippen LogP) is 7.13. The van der Waals surface area contributed by atoms with Crippen LogP contribution in [-0.4, -0.2) is 33.2 Å². The molecule has 6 rings (SSSR count). The minimum atomic E-state index is -4.37. The number of nitrogens with zero attached hydrogens (tertiary/aromatic N) is 5. The van der Waals surface area contributed by atoms with E-state index in [1.807, 2.05) is 10.7 Å². The molecule has 4 heterocycles. The van der Waals surface area contributed by atoms with Crippen molar-refractivity contribution in [2.75, 3.05) is 10.0 Å². The van der Waals surface area contributed by atoms with E-state index in [0.29, 0.717) is 11.2 Å². The fourth-order valence-corrected chi connectivity index (χ4v) is 6.75. The molecule has 5 aromatic rings. The lowest BCUT2D eigenvalue weighted by Crippen LogP contribution is -2.15. The monoisotopic (exact) mass is 629 g/mol. The number of halogens is 4. The maximum atomic E-state index is 15.6. The van der Waals surface area contributed by atoms with Crippen LogP contribution in [0.5, 0.6) is 0 Å². The van der Waals surface area contributed by atoms with Gasteiger partial charge in [0.1, 0.15) is 28.2 Å². The molecule has 216 valence electrons. The maximum Gasteiger partial charge on any atom is 0.263 e. The fourth-order valence-electron chi connectivity index (χ4n) is 4.93. The van der Waals surface area contributed by atoms with Gasteiger partial charge >= 0.3 is 0 Å². The minimum absolute atomic E-state index is 0.00618. The van der Waals surface area contributed by atoms with Gasteiger partial charge in [-0.15, -0.1) is 0 Å². The van der Waals surface area contributed by atoms with E-state index in [-0.39, 0.29) is 26.3 Å². The standard InChI is InChI=1S/C28H23Cl2F2N7O2S/c29-17-6-5-8-23(24(17)30)42(40,41)38-20-10-9-18(31)26(25(20)32)37-28-27-21(33-15-34-28)12-11-19(36-27)16-14-35-39-13-4-2-1-3-7-22(16)39/h5-6,8-12,14-15,38H,1-4,7,13H2,(H,33,34,37). The molecule has 2 N–H and O–H groups in total. The van der Waals surface area contributed by atoms with Gasteiger partial charge in [0.15, 0.2) is 11.6 Å². The summed E-state index contributed by atoms with van der Waals surface area (Å²) in [4.78, 5) is 12.8. The molecule has 1 aliphatic rings. The second-order valence-electron chi connectivity index (χ2n) is 9.75. The van der Waals surface area contributed by atoms with Gasteiger partial charge in [0.25, 0.3) is 10.0 Å². The Morgan fingerprint density at radius 2 is 1.79 bits per heavy atom. The summed E-state index contributed by atoms with van der Waals surface area (Å²) in [6, 6.07) is 9.50. The van der Waals surface area contributed by atoms with E-state index < -0.39 is 33.0 Å². The Bertz CT molecular complexity index is 1940. The van der Waals surface area contributed by atoms with E-state index >= 15 is 4.39 Å². The van der Waals surface area contributed by atoms with Gasteiger partial charge in [0.05, 0.1) is 33.1 Å². The lowest BCUT2D eigenvalue weighted by molar-refractivity contribution is 0.487. The fraction of sp³-hybridized carbons (Fsp3) is 0.214. The van der Waals surface area contributed by atoms with E-state index in [9.17, 15) is 12.8 Å². The van der Waals surface area contributed by atoms with Crippen molar-refractivity contribution in [3.8, 4) is 11.3 Å². The van der Waals surface area contributed by atoms with Gasteiger partial charge in [-0.1, -0.05) is 42.1 Å². The maximum absolute atomic E-state index is 15.6. The van der Waals surface area contributed by atoms with Crippen molar-refractivity contribution in [2.45, 2.75) is 43.5 Å². The van der Waals surface area contributed by atoms with Crippen LogP contribution in [-0.2, 0) is 23.0 Å². The average molecular weight is 631 g/mol. The number of pyridine rings is 1. The minimum Gasteiger partial charge on any atom is -0.333 e. The second-order valence-corrected chi connectivity index (χ2v) is 12.2. The molecule has 0 aliphatic carbocycles. The third-order valence-electron chi connectivity index (χ3n) is 7.02. The average Bonchev–Trinajstić information content (AvgIpc) is 3.34. The number of hydrogen-bond acceptors (Lipinski definition) is 7. The summed E-state index contributed by atoms with van der Waals surface area (Å²) in [6.07, 6.45) is 8.31. The Balaban J connectivity index is 1.36. The quantitative estimate of drug-likeness (QED) is 0.205. The predicted molar refractivity (Wildman–Crippen MR) is 158 cm³/mol. The summed E-state index contributed by atoms with van der Waals surface area (Å²) >= 11 is 12.0. The van der Waals surface area contributed by atoms with Gasteiger partial charge in [-0.05, 0) is 55.7 Å². The summed E-state index contributed by atoms with van der Waals surface area (Å²) in [6.45, 7) is 0.834. The zero-order valence-electron chi connectivity index (χ0n) is 21.9. The van der Waals surface area contributed by atoms with Crippen LogP contribution in [0, 0.1) is 11.6 Å². The summed E-state index contributed by atoms with van der Waals surface area (Å²) in [7, 11) is -4.37. The van der Waals surface area contributed by atoms with Crippen LogP contribution < -0.4 is 10.0 Å². The third kappa shape index (κ3) is 5.37. The number of anilines is 3. The smallest absolute Gasteiger partial charge is 0.263 e. The lowest BCUT2D eigenvalue weighted by atomic mass is 10.0. The zero-order chi connectivity index (χ0) is 29.4. The van der Waals surface area contributed by atoms with Crippen LogP contribution in [0.4, 0.5) is 26.0 Å². The molecule has 0 saturated heterocycles. The summed E-state index contributed by atoms with van der Waals surface area (Å²) in [5, 5.41) is 6.99. The van der Waals surface area contributed by atoms with Crippen molar-refractivity contribution < 1.29 is 17.2 Å². The first-order valence-corrected chi connectivity index (χ1v) is 15.4. The molecule has 0 radical (unpaired) electrons. The van der Waals surface area contributed by atoms with Crippen LogP contribution in [0.2, 0.25) is 10.0 Å². The first-order chi connectivity index (χ1) is 20.2. The van der Waals surface area contributed by atoms with Crippen molar-refractivity contribution in [3.05, 3.63) is 82.4 Å².